The van der Waals surface area contributed by atoms with Gasteiger partial charge in [-0.25, -0.2) is 4.39 Å². The Hall–Kier alpha value is -2.65. The largest absolute Gasteiger partial charge is 0.384 e. The lowest BCUT2D eigenvalue weighted by Gasteiger charge is -2.05. The molecule has 1 aromatic carbocycles. The Morgan fingerprint density at radius 1 is 1.48 bits per heavy atom. The minimum absolute atomic E-state index is 0.0596. The molecule has 2 rings (SSSR count). The van der Waals surface area contributed by atoms with Crippen molar-refractivity contribution in [2.45, 2.75) is 13.8 Å². The van der Waals surface area contributed by atoms with Crippen molar-refractivity contribution < 1.29 is 18.8 Å². The first-order valence-electron chi connectivity index (χ1n) is 6.16. The van der Waals surface area contributed by atoms with Crippen molar-refractivity contribution in [2.75, 3.05) is 11.9 Å². The van der Waals surface area contributed by atoms with Gasteiger partial charge in [-0.1, -0.05) is 17.0 Å². The summed E-state index contributed by atoms with van der Waals surface area (Å²) in [7, 11) is 0. The number of benzene rings is 1. The maximum absolute atomic E-state index is 13.3. The van der Waals surface area contributed by atoms with Gasteiger partial charge in [-0.15, -0.1) is 0 Å². The van der Waals surface area contributed by atoms with Gasteiger partial charge in [0.2, 0.25) is 5.88 Å². The van der Waals surface area contributed by atoms with Crippen LogP contribution in [0.5, 0.6) is 0 Å². The van der Waals surface area contributed by atoms with E-state index < -0.39 is 11.7 Å². The van der Waals surface area contributed by atoms with Crippen LogP contribution in [-0.4, -0.2) is 22.8 Å². The van der Waals surface area contributed by atoms with E-state index in [1.54, 1.807) is 13.8 Å². The second kappa shape index (κ2) is 6.20. The van der Waals surface area contributed by atoms with E-state index in [1.165, 1.54) is 12.1 Å². The number of amides is 1. The number of hydrogen-bond acceptors (Lipinski definition) is 4. The predicted molar refractivity (Wildman–Crippen MR) is 74.3 cm³/mol. The summed E-state index contributed by atoms with van der Waals surface area (Å²) in [5, 5.41) is 15.0. The summed E-state index contributed by atoms with van der Waals surface area (Å²) in [6.07, 6.45) is 0. The number of rotatable bonds is 2. The summed E-state index contributed by atoms with van der Waals surface area (Å²) in [5.41, 5.74) is 1.73. The summed E-state index contributed by atoms with van der Waals surface area (Å²) >= 11 is 0. The highest BCUT2D eigenvalue weighted by atomic mass is 19.1. The average Bonchev–Trinajstić information content (AvgIpc) is 2.78. The highest BCUT2D eigenvalue weighted by Gasteiger charge is 2.16. The van der Waals surface area contributed by atoms with Crippen molar-refractivity contribution in [1.29, 1.82) is 0 Å². The molecule has 6 heteroatoms. The second-order valence-corrected chi connectivity index (χ2v) is 4.33. The van der Waals surface area contributed by atoms with Gasteiger partial charge in [0.25, 0.3) is 5.91 Å². The Morgan fingerprint density at radius 2 is 2.24 bits per heavy atom. The maximum atomic E-state index is 13.3. The summed E-state index contributed by atoms with van der Waals surface area (Å²) in [6.45, 7) is 3.15. The molecule has 108 valence electrons. The molecule has 0 aliphatic heterocycles. The fourth-order valence-electron chi connectivity index (χ4n) is 1.65. The minimum Gasteiger partial charge on any atom is -0.384 e. The summed E-state index contributed by atoms with van der Waals surface area (Å²) in [5.74, 6) is 4.13. The standard InChI is InChI=1S/C15H13FN2O3/c1-9-10(2)18-21-15(9)17-14(20)13-8-12(16)6-5-11(13)4-3-7-19/h5-6,8,19H,7H2,1-2H3,(H,17,20). The van der Waals surface area contributed by atoms with Crippen LogP contribution in [0.3, 0.4) is 0 Å². The molecule has 0 aliphatic rings. The monoisotopic (exact) mass is 288 g/mol. The topological polar surface area (TPSA) is 75.4 Å². The Balaban J connectivity index is 2.34. The van der Waals surface area contributed by atoms with Crippen molar-refractivity contribution in [3.05, 3.63) is 46.4 Å². The fourth-order valence-corrected chi connectivity index (χ4v) is 1.65. The zero-order valence-corrected chi connectivity index (χ0v) is 11.5. The third kappa shape index (κ3) is 3.27. The number of hydrogen-bond donors (Lipinski definition) is 2. The molecular weight excluding hydrogens is 275 g/mol. The molecule has 0 radical (unpaired) electrons. The second-order valence-electron chi connectivity index (χ2n) is 4.33. The third-order valence-corrected chi connectivity index (χ3v) is 2.91. The van der Waals surface area contributed by atoms with Crippen molar-refractivity contribution in [3.8, 4) is 11.8 Å². The number of nitrogens with one attached hydrogen (secondary N) is 1. The van der Waals surface area contributed by atoms with Crippen LogP contribution in [0, 0.1) is 31.5 Å². The smallest absolute Gasteiger partial charge is 0.259 e. The SMILES string of the molecule is Cc1noc(NC(=O)c2cc(F)ccc2C#CCO)c1C. The van der Waals surface area contributed by atoms with Gasteiger partial charge in [0, 0.05) is 11.1 Å². The number of anilines is 1. The number of aromatic nitrogens is 1. The first kappa shape index (κ1) is 14.8. The van der Waals surface area contributed by atoms with E-state index in [0.29, 0.717) is 16.8 Å². The number of aliphatic hydroxyl groups excluding tert-OH is 1. The number of halogens is 1. The highest BCUT2D eigenvalue weighted by Crippen LogP contribution is 2.19. The van der Waals surface area contributed by atoms with Gasteiger partial charge in [-0.3, -0.25) is 10.1 Å². The molecule has 0 unspecified atom stereocenters. The van der Waals surface area contributed by atoms with Crippen LogP contribution in [0.2, 0.25) is 0 Å². The van der Waals surface area contributed by atoms with Gasteiger partial charge < -0.3 is 9.63 Å². The first-order valence-corrected chi connectivity index (χ1v) is 6.16. The van der Waals surface area contributed by atoms with E-state index in [2.05, 4.69) is 22.3 Å². The molecule has 0 atom stereocenters. The van der Waals surface area contributed by atoms with Crippen molar-refractivity contribution in [2.24, 2.45) is 0 Å². The van der Waals surface area contributed by atoms with Crippen LogP contribution in [0.15, 0.2) is 22.7 Å². The Labute approximate surface area is 120 Å². The Morgan fingerprint density at radius 3 is 2.86 bits per heavy atom. The lowest BCUT2D eigenvalue weighted by molar-refractivity contribution is 0.102. The van der Waals surface area contributed by atoms with Crippen molar-refractivity contribution >= 4 is 11.8 Å². The van der Waals surface area contributed by atoms with Crippen molar-refractivity contribution in [3.63, 3.8) is 0 Å². The molecule has 2 N–H and O–H groups in total. The van der Waals surface area contributed by atoms with E-state index in [4.69, 9.17) is 9.63 Å². The molecule has 0 aliphatic carbocycles. The summed E-state index contributed by atoms with van der Waals surface area (Å²) in [6, 6.07) is 3.66. The molecule has 1 aromatic heterocycles. The van der Waals surface area contributed by atoms with Crippen LogP contribution >= 0.6 is 0 Å². The number of carbonyl (C=O) groups excluding carboxylic acids is 1. The van der Waals surface area contributed by atoms with Gasteiger partial charge in [0.05, 0.1) is 11.3 Å². The molecule has 21 heavy (non-hydrogen) atoms. The highest BCUT2D eigenvalue weighted by molar-refractivity contribution is 6.05. The lowest BCUT2D eigenvalue weighted by atomic mass is 10.1. The van der Waals surface area contributed by atoms with E-state index in [1.807, 2.05) is 0 Å². The molecule has 0 saturated carbocycles. The molecule has 1 amide bonds. The fraction of sp³-hybridized carbons (Fsp3) is 0.200. The molecule has 5 nitrogen and oxygen atoms in total. The summed E-state index contributed by atoms with van der Waals surface area (Å²) in [4.78, 5) is 12.2. The molecular formula is C15H13FN2O3. The molecule has 2 aromatic rings. The van der Waals surface area contributed by atoms with Crippen LogP contribution in [0.4, 0.5) is 10.3 Å². The van der Waals surface area contributed by atoms with Gasteiger partial charge >= 0.3 is 0 Å². The normalized spacial score (nSPS) is 9.90. The zero-order chi connectivity index (χ0) is 15.4. The van der Waals surface area contributed by atoms with E-state index in [9.17, 15) is 9.18 Å². The van der Waals surface area contributed by atoms with E-state index in [-0.39, 0.29) is 18.1 Å². The molecule has 0 spiro atoms. The third-order valence-electron chi connectivity index (χ3n) is 2.91. The number of carbonyl (C=O) groups is 1. The Kier molecular flexibility index (Phi) is 4.36. The van der Waals surface area contributed by atoms with Gasteiger partial charge in [0.1, 0.15) is 12.4 Å². The first-order chi connectivity index (χ1) is 10.0. The van der Waals surface area contributed by atoms with Crippen LogP contribution in [0.25, 0.3) is 0 Å². The predicted octanol–water partition coefficient (Wildman–Crippen LogP) is 2.03. The molecule has 0 bridgehead atoms. The average molecular weight is 288 g/mol. The van der Waals surface area contributed by atoms with Gasteiger partial charge in [-0.05, 0) is 32.0 Å². The van der Waals surface area contributed by atoms with E-state index >= 15 is 0 Å². The quantitative estimate of drug-likeness (QED) is 0.829. The number of aliphatic hydroxyl groups is 1. The van der Waals surface area contributed by atoms with Gasteiger partial charge in [0.15, 0.2) is 0 Å². The Bertz CT molecular complexity index is 741. The zero-order valence-electron chi connectivity index (χ0n) is 11.5. The van der Waals surface area contributed by atoms with Crippen LogP contribution in [-0.2, 0) is 0 Å². The molecule has 0 saturated heterocycles. The molecule has 0 fully saturated rings. The lowest BCUT2D eigenvalue weighted by Crippen LogP contribution is -2.14. The van der Waals surface area contributed by atoms with Crippen LogP contribution in [0.1, 0.15) is 27.2 Å². The maximum Gasteiger partial charge on any atom is 0.259 e. The summed E-state index contributed by atoms with van der Waals surface area (Å²) < 4.78 is 18.3. The molecule has 1 heterocycles. The minimum atomic E-state index is -0.559. The van der Waals surface area contributed by atoms with Crippen molar-refractivity contribution in [1.82, 2.24) is 5.16 Å². The number of nitrogens with zero attached hydrogens (tertiary/aromatic N) is 1. The van der Waals surface area contributed by atoms with Crippen LogP contribution < -0.4 is 5.32 Å². The number of aryl methyl sites for hydroxylation is 1. The van der Waals surface area contributed by atoms with Gasteiger partial charge in [-0.2, -0.15) is 0 Å². The van der Waals surface area contributed by atoms with E-state index in [0.717, 1.165) is 6.07 Å².